The molecule has 7 heteroatoms. The topological polar surface area (TPSA) is 67.4 Å². The van der Waals surface area contributed by atoms with Crippen molar-refractivity contribution in [2.45, 2.75) is 63.6 Å². The number of ether oxygens (including phenoxy) is 2. The van der Waals surface area contributed by atoms with Gasteiger partial charge in [-0.15, -0.1) is 0 Å². The molecule has 1 aromatic heterocycles. The summed E-state index contributed by atoms with van der Waals surface area (Å²) in [4.78, 5) is 4.32. The summed E-state index contributed by atoms with van der Waals surface area (Å²) >= 11 is 0. The fraction of sp³-hybridized carbons (Fsp3) is 0.593. The number of halogens is 1. The molecule has 3 N–H and O–H groups in total. The summed E-state index contributed by atoms with van der Waals surface area (Å²) in [5.41, 5.74) is 2.46. The van der Waals surface area contributed by atoms with Crippen molar-refractivity contribution in [3.8, 4) is 11.1 Å². The highest BCUT2D eigenvalue weighted by atomic mass is 19.1. The van der Waals surface area contributed by atoms with Crippen molar-refractivity contribution in [2.75, 3.05) is 44.1 Å². The van der Waals surface area contributed by atoms with E-state index in [2.05, 4.69) is 27.9 Å². The van der Waals surface area contributed by atoms with Crippen molar-refractivity contribution in [2.24, 2.45) is 5.92 Å². The first-order valence-corrected chi connectivity index (χ1v) is 12.7. The molecule has 6 nitrogen and oxygen atoms in total. The third kappa shape index (κ3) is 7.14. The van der Waals surface area contributed by atoms with Crippen molar-refractivity contribution in [3.05, 3.63) is 42.3 Å². The molecule has 1 atom stereocenters. The van der Waals surface area contributed by atoms with Crippen LogP contribution in [0.25, 0.3) is 11.1 Å². The minimum atomic E-state index is -0.299. The molecule has 2 fully saturated rings. The van der Waals surface area contributed by atoms with E-state index in [1.54, 1.807) is 7.11 Å². The van der Waals surface area contributed by atoms with E-state index >= 15 is 0 Å². The number of hydrogen-bond acceptors (Lipinski definition) is 6. The van der Waals surface area contributed by atoms with Crippen LogP contribution in [0.3, 0.4) is 0 Å². The normalized spacial score (nSPS) is 22.3. The van der Waals surface area contributed by atoms with E-state index < -0.39 is 0 Å². The van der Waals surface area contributed by atoms with Gasteiger partial charge >= 0.3 is 0 Å². The van der Waals surface area contributed by atoms with Crippen LogP contribution in [0, 0.1) is 11.7 Å². The molecule has 1 aromatic carbocycles. The number of methoxy groups -OCH3 is 1. The second-order valence-corrected chi connectivity index (χ2v) is 9.78. The van der Waals surface area contributed by atoms with Gasteiger partial charge in [0.1, 0.15) is 11.6 Å². The lowest BCUT2D eigenvalue weighted by atomic mass is 9.90. The standard InChI is InChI=1S/C27H39FN4O2/c1-19(18-33-2)31-22-6-8-23(9-7-22)32-27-15-25(26(28)17-30-27)21-4-3-5-24(14-21)29-16-20-10-12-34-13-11-20/h3-5,14-15,17,19-20,22-23,29,31H,6-13,16,18H2,1-2H3,(H,30,32). The van der Waals surface area contributed by atoms with E-state index in [0.717, 1.165) is 82.0 Å². The zero-order chi connectivity index (χ0) is 23.8. The Labute approximate surface area is 203 Å². The first-order chi connectivity index (χ1) is 16.6. The van der Waals surface area contributed by atoms with Gasteiger partial charge < -0.3 is 25.4 Å². The molecule has 0 amide bonds. The minimum absolute atomic E-state index is 0.299. The molecule has 0 spiro atoms. The zero-order valence-electron chi connectivity index (χ0n) is 20.5. The van der Waals surface area contributed by atoms with Gasteiger partial charge in [0.2, 0.25) is 0 Å². The number of hydrogen-bond donors (Lipinski definition) is 3. The number of anilines is 2. The predicted molar refractivity (Wildman–Crippen MR) is 136 cm³/mol. The van der Waals surface area contributed by atoms with Crippen LogP contribution in [-0.2, 0) is 9.47 Å². The van der Waals surface area contributed by atoms with Gasteiger partial charge in [-0.3, -0.25) is 0 Å². The van der Waals surface area contributed by atoms with E-state index in [9.17, 15) is 4.39 Å². The summed E-state index contributed by atoms with van der Waals surface area (Å²) in [7, 11) is 1.74. The lowest BCUT2D eigenvalue weighted by Crippen LogP contribution is -2.42. The Balaban J connectivity index is 1.34. The van der Waals surface area contributed by atoms with E-state index in [-0.39, 0.29) is 5.82 Å². The quantitative estimate of drug-likeness (QED) is 0.450. The number of pyridine rings is 1. The van der Waals surface area contributed by atoms with Gasteiger partial charge in [-0.1, -0.05) is 12.1 Å². The smallest absolute Gasteiger partial charge is 0.149 e. The molecular weight excluding hydrogens is 431 g/mol. The molecule has 1 saturated heterocycles. The molecule has 2 aliphatic rings. The van der Waals surface area contributed by atoms with E-state index in [0.29, 0.717) is 29.6 Å². The molecule has 1 aliphatic heterocycles. The average Bonchev–Trinajstić information content (AvgIpc) is 2.86. The van der Waals surface area contributed by atoms with Crippen LogP contribution >= 0.6 is 0 Å². The molecule has 1 unspecified atom stereocenters. The highest BCUT2D eigenvalue weighted by Gasteiger charge is 2.23. The van der Waals surface area contributed by atoms with Crippen LogP contribution in [0.15, 0.2) is 36.5 Å². The highest BCUT2D eigenvalue weighted by molar-refractivity contribution is 5.70. The Hall–Kier alpha value is -2.22. The summed E-state index contributed by atoms with van der Waals surface area (Å²) in [5.74, 6) is 1.06. The lowest BCUT2D eigenvalue weighted by molar-refractivity contribution is 0.0699. The van der Waals surface area contributed by atoms with E-state index in [1.807, 2.05) is 30.3 Å². The maximum Gasteiger partial charge on any atom is 0.149 e. The van der Waals surface area contributed by atoms with Crippen LogP contribution in [-0.4, -0.2) is 56.6 Å². The third-order valence-corrected chi connectivity index (χ3v) is 6.98. The molecule has 1 saturated carbocycles. The fourth-order valence-electron chi connectivity index (χ4n) is 5.06. The Morgan fingerprint density at radius 2 is 1.85 bits per heavy atom. The van der Waals surface area contributed by atoms with Gasteiger partial charge in [0.15, 0.2) is 0 Å². The van der Waals surface area contributed by atoms with Gasteiger partial charge in [0.25, 0.3) is 0 Å². The van der Waals surface area contributed by atoms with Crippen molar-refractivity contribution >= 4 is 11.5 Å². The van der Waals surface area contributed by atoms with Gasteiger partial charge in [0.05, 0.1) is 12.8 Å². The molecule has 0 bridgehead atoms. The Morgan fingerprint density at radius 3 is 2.62 bits per heavy atom. The second kappa shape index (κ2) is 12.5. The van der Waals surface area contributed by atoms with Crippen molar-refractivity contribution < 1.29 is 13.9 Å². The van der Waals surface area contributed by atoms with Crippen molar-refractivity contribution in [1.82, 2.24) is 10.3 Å². The van der Waals surface area contributed by atoms with Gasteiger partial charge in [-0.2, -0.15) is 0 Å². The van der Waals surface area contributed by atoms with Gasteiger partial charge in [-0.25, -0.2) is 9.37 Å². The van der Waals surface area contributed by atoms with Gasteiger partial charge in [0, 0.05) is 56.2 Å². The monoisotopic (exact) mass is 470 g/mol. The highest BCUT2D eigenvalue weighted by Crippen LogP contribution is 2.29. The number of benzene rings is 1. The SMILES string of the molecule is COCC(C)NC1CCC(Nc2cc(-c3cccc(NCC4CCOCC4)c3)c(F)cn2)CC1. The Kier molecular flexibility index (Phi) is 9.13. The van der Waals surface area contributed by atoms with Crippen LogP contribution in [0.4, 0.5) is 15.9 Å². The molecular formula is C27H39FN4O2. The minimum Gasteiger partial charge on any atom is -0.385 e. The number of nitrogens with zero attached hydrogens (tertiary/aromatic N) is 1. The van der Waals surface area contributed by atoms with E-state index in [1.165, 1.54) is 6.20 Å². The largest absolute Gasteiger partial charge is 0.385 e. The van der Waals surface area contributed by atoms with Crippen LogP contribution in [0.5, 0.6) is 0 Å². The molecule has 4 rings (SSSR count). The Morgan fingerprint density at radius 1 is 1.09 bits per heavy atom. The first-order valence-electron chi connectivity index (χ1n) is 12.7. The van der Waals surface area contributed by atoms with Crippen LogP contribution in [0.2, 0.25) is 0 Å². The maximum absolute atomic E-state index is 14.7. The molecule has 2 heterocycles. The average molecular weight is 471 g/mol. The summed E-state index contributed by atoms with van der Waals surface area (Å²) < 4.78 is 25.4. The Bertz CT molecular complexity index is 898. The number of rotatable bonds is 10. The van der Waals surface area contributed by atoms with E-state index in [4.69, 9.17) is 9.47 Å². The maximum atomic E-state index is 14.7. The molecule has 186 valence electrons. The summed E-state index contributed by atoms with van der Waals surface area (Å²) in [6, 6.07) is 11.1. The summed E-state index contributed by atoms with van der Waals surface area (Å²) in [5, 5.41) is 10.7. The predicted octanol–water partition coefficient (Wildman–Crippen LogP) is 5.07. The molecule has 1 aliphatic carbocycles. The molecule has 0 radical (unpaired) electrons. The zero-order valence-corrected chi connectivity index (χ0v) is 20.5. The first kappa shape index (κ1) is 24.9. The third-order valence-electron chi connectivity index (χ3n) is 6.98. The fourth-order valence-corrected chi connectivity index (χ4v) is 5.06. The van der Waals surface area contributed by atoms with Crippen molar-refractivity contribution in [3.63, 3.8) is 0 Å². The summed E-state index contributed by atoms with van der Waals surface area (Å²) in [6.45, 7) is 5.49. The lowest BCUT2D eigenvalue weighted by Gasteiger charge is -2.31. The van der Waals surface area contributed by atoms with Crippen LogP contribution in [0.1, 0.15) is 45.4 Å². The number of aromatic nitrogens is 1. The number of nitrogens with one attached hydrogen (secondary N) is 3. The van der Waals surface area contributed by atoms with Gasteiger partial charge in [-0.05, 0) is 75.1 Å². The second-order valence-electron chi connectivity index (χ2n) is 9.78. The summed E-state index contributed by atoms with van der Waals surface area (Å²) in [6.07, 6.45) is 7.87. The molecule has 34 heavy (non-hydrogen) atoms. The van der Waals surface area contributed by atoms with Crippen LogP contribution < -0.4 is 16.0 Å². The van der Waals surface area contributed by atoms with Crippen molar-refractivity contribution in [1.29, 1.82) is 0 Å². The molecule has 2 aromatic rings.